The number of nitrogens with zero attached hydrogens (tertiary/aromatic N) is 2. The van der Waals surface area contributed by atoms with Crippen LogP contribution in [0, 0.1) is 5.82 Å². The first kappa shape index (κ1) is 15.5. The van der Waals surface area contributed by atoms with Gasteiger partial charge in [-0.2, -0.15) is 0 Å². The lowest BCUT2D eigenvalue weighted by Crippen LogP contribution is -2.20. The lowest BCUT2D eigenvalue weighted by atomic mass is 10.3. The maximum atomic E-state index is 13.3. The number of amides is 1. The van der Waals surface area contributed by atoms with Gasteiger partial charge in [0.15, 0.2) is 22.5 Å². The molecule has 0 saturated carbocycles. The highest BCUT2D eigenvalue weighted by molar-refractivity contribution is 8.01. The third kappa shape index (κ3) is 4.83. The molecule has 1 aromatic carbocycles. The van der Waals surface area contributed by atoms with Crippen molar-refractivity contribution >= 4 is 34.1 Å². The van der Waals surface area contributed by atoms with Crippen molar-refractivity contribution in [1.82, 2.24) is 10.2 Å². The Kier molecular flexibility index (Phi) is 5.70. The van der Waals surface area contributed by atoms with Crippen LogP contribution in [0.25, 0.3) is 0 Å². The number of thioether (sulfide) groups is 1. The molecular weight excluding hydrogens is 313 g/mol. The van der Waals surface area contributed by atoms with E-state index in [1.165, 1.54) is 35.2 Å². The van der Waals surface area contributed by atoms with E-state index < -0.39 is 11.7 Å². The Bertz CT molecular complexity index is 633. The molecule has 110 valence electrons. The van der Waals surface area contributed by atoms with E-state index in [-0.39, 0.29) is 12.4 Å². The molecule has 0 radical (unpaired) electrons. The zero-order chi connectivity index (χ0) is 15.1. The lowest BCUT2D eigenvalue weighted by molar-refractivity contribution is -0.118. The molecule has 1 N–H and O–H groups in total. The summed E-state index contributed by atoms with van der Waals surface area (Å²) in [5.41, 5.74) is 0. The second kappa shape index (κ2) is 7.75. The second-order valence-electron chi connectivity index (χ2n) is 3.74. The summed E-state index contributed by atoms with van der Waals surface area (Å²) in [6.45, 7) is 3.31. The molecule has 2 aromatic rings. The number of hydrogen-bond donors (Lipinski definition) is 1. The summed E-state index contributed by atoms with van der Waals surface area (Å²) in [4.78, 5) is 11.7. The number of hydrogen-bond acceptors (Lipinski definition) is 6. The van der Waals surface area contributed by atoms with Crippen LogP contribution in [-0.2, 0) is 4.79 Å². The predicted molar refractivity (Wildman–Crippen MR) is 81.4 cm³/mol. The third-order valence-corrected chi connectivity index (χ3v) is 4.14. The molecule has 0 spiro atoms. The SMILES string of the molecule is C=CCSc1nnc(NC(=O)COc2ccccc2F)s1. The normalized spacial score (nSPS) is 10.1. The number of anilines is 1. The summed E-state index contributed by atoms with van der Waals surface area (Å²) in [6, 6.07) is 5.90. The van der Waals surface area contributed by atoms with Crippen molar-refractivity contribution in [2.45, 2.75) is 4.34 Å². The number of benzene rings is 1. The van der Waals surface area contributed by atoms with E-state index in [1.807, 2.05) is 0 Å². The molecule has 0 unspecified atom stereocenters. The van der Waals surface area contributed by atoms with Gasteiger partial charge in [0.2, 0.25) is 5.13 Å². The van der Waals surface area contributed by atoms with Gasteiger partial charge in [0.05, 0.1) is 0 Å². The van der Waals surface area contributed by atoms with Crippen molar-refractivity contribution in [2.75, 3.05) is 17.7 Å². The lowest BCUT2D eigenvalue weighted by Gasteiger charge is -2.05. The minimum atomic E-state index is -0.510. The largest absolute Gasteiger partial charge is 0.481 e. The fourth-order valence-corrected chi connectivity index (χ4v) is 2.84. The van der Waals surface area contributed by atoms with Gasteiger partial charge in [0.1, 0.15) is 0 Å². The predicted octanol–water partition coefficient (Wildman–Crippen LogP) is 2.97. The first-order valence-electron chi connectivity index (χ1n) is 5.93. The molecule has 0 bridgehead atoms. The van der Waals surface area contributed by atoms with E-state index in [0.717, 1.165) is 10.1 Å². The minimum absolute atomic E-state index is 0.0344. The number of nitrogens with one attached hydrogen (secondary N) is 1. The van der Waals surface area contributed by atoms with Crippen LogP contribution in [0.3, 0.4) is 0 Å². The Morgan fingerprint density at radius 2 is 2.29 bits per heavy atom. The van der Waals surface area contributed by atoms with Crippen molar-refractivity contribution in [1.29, 1.82) is 0 Å². The number of halogens is 1. The fraction of sp³-hybridized carbons (Fsp3) is 0.154. The maximum Gasteiger partial charge on any atom is 0.264 e. The summed E-state index contributed by atoms with van der Waals surface area (Å²) in [6.07, 6.45) is 1.76. The zero-order valence-electron chi connectivity index (χ0n) is 10.9. The van der Waals surface area contributed by atoms with Crippen LogP contribution in [0.1, 0.15) is 0 Å². The van der Waals surface area contributed by atoms with Gasteiger partial charge in [0, 0.05) is 5.75 Å². The molecule has 0 aliphatic heterocycles. The van der Waals surface area contributed by atoms with Crippen molar-refractivity contribution in [3.63, 3.8) is 0 Å². The van der Waals surface area contributed by atoms with Crippen LogP contribution in [0.4, 0.5) is 9.52 Å². The second-order valence-corrected chi connectivity index (χ2v) is 5.98. The maximum absolute atomic E-state index is 13.3. The Morgan fingerprint density at radius 1 is 1.48 bits per heavy atom. The van der Waals surface area contributed by atoms with Gasteiger partial charge >= 0.3 is 0 Å². The van der Waals surface area contributed by atoms with Crippen molar-refractivity contribution in [3.8, 4) is 5.75 Å². The van der Waals surface area contributed by atoms with Crippen LogP contribution in [0.15, 0.2) is 41.3 Å². The smallest absolute Gasteiger partial charge is 0.264 e. The van der Waals surface area contributed by atoms with Crippen LogP contribution < -0.4 is 10.1 Å². The highest BCUT2D eigenvalue weighted by Crippen LogP contribution is 2.25. The van der Waals surface area contributed by atoms with Crippen molar-refractivity contribution in [2.24, 2.45) is 0 Å². The number of carbonyl (C=O) groups excluding carboxylic acids is 1. The van der Waals surface area contributed by atoms with Gasteiger partial charge in [-0.25, -0.2) is 4.39 Å². The first-order valence-corrected chi connectivity index (χ1v) is 7.73. The number of carbonyl (C=O) groups is 1. The molecule has 2 rings (SSSR count). The molecule has 8 heteroatoms. The standard InChI is InChI=1S/C13H12FN3O2S2/c1-2-7-20-13-17-16-12(21-13)15-11(18)8-19-10-6-4-3-5-9(10)14/h2-6H,1,7-8H2,(H,15,16,18). The molecular formula is C13H12FN3O2S2. The van der Waals surface area contributed by atoms with E-state index in [4.69, 9.17) is 4.74 Å². The molecule has 0 aliphatic rings. The minimum Gasteiger partial charge on any atom is -0.481 e. The van der Waals surface area contributed by atoms with Gasteiger partial charge in [-0.1, -0.05) is 41.3 Å². The van der Waals surface area contributed by atoms with Gasteiger partial charge in [-0.3, -0.25) is 10.1 Å². The van der Waals surface area contributed by atoms with Gasteiger partial charge in [-0.05, 0) is 12.1 Å². The summed E-state index contributed by atoms with van der Waals surface area (Å²) in [5, 5.41) is 10.7. The molecule has 5 nitrogen and oxygen atoms in total. The van der Waals surface area contributed by atoms with Crippen LogP contribution >= 0.6 is 23.1 Å². The van der Waals surface area contributed by atoms with E-state index >= 15 is 0 Å². The molecule has 1 amide bonds. The highest BCUT2D eigenvalue weighted by atomic mass is 32.2. The van der Waals surface area contributed by atoms with Crippen molar-refractivity contribution in [3.05, 3.63) is 42.7 Å². The van der Waals surface area contributed by atoms with Gasteiger partial charge < -0.3 is 4.74 Å². The Hall–Kier alpha value is -1.93. The quantitative estimate of drug-likeness (QED) is 0.482. The average Bonchev–Trinajstić information content (AvgIpc) is 2.91. The monoisotopic (exact) mass is 325 g/mol. The summed E-state index contributed by atoms with van der Waals surface area (Å²) >= 11 is 2.73. The summed E-state index contributed by atoms with van der Waals surface area (Å²) < 4.78 is 19.1. The highest BCUT2D eigenvalue weighted by Gasteiger charge is 2.10. The summed E-state index contributed by atoms with van der Waals surface area (Å²) in [5.74, 6) is -0.176. The fourth-order valence-electron chi connectivity index (χ4n) is 1.31. The topological polar surface area (TPSA) is 64.1 Å². The number of para-hydroxylation sites is 1. The summed E-state index contributed by atoms with van der Waals surface area (Å²) in [7, 11) is 0. The Labute approximate surface area is 129 Å². The van der Waals surface area contributed by atoms with Gasteiger partial charge in [0.25, 0.3) is 5.91 Å². The molecule has 0 fully saturated rings. The molecule has 1 heterocycles. The van der Waals surface area contributed by atoms with Crippen LogP contribution in [-0.4, -0.2) is 28.5 Å². The van der Waals surface area contributed by atoms with Crippen molar-refractivity contribution < 1.29 is 13.9 Å². The molecule has 1 aromatic heterocycles. The van der Waals surface area contributed by atoms with E-state index in [2.05, 4.69) is 22.1 Å². The Morgan fingerprint density at radius 3 is 3.05 bits per heavy atom. The van der Waals surface area contributed by atoms with Gasteiger partial charge in [-0.15, -0.1) is 16.8 Å². The molecule has 0 atom stereocenters. The molecule has 0 aliphatic carbocycles. The van der Waals surface area contributed by atoms with Crippen LogP contribution in [0.5, 0.6) is 5.75 Å². The van der Waals surface area contributed by atoms with E-state index in [1.54, 1.807) is 18.2 Å². The zero-order valence-corrected chi connectivity index (χ0v) is 12.5. The van der Waals surface area contributed by atoms with E-state index in [9.17, 15) is 9.18 Å². The average molecular weight is 325 g/mol. The Balaban J connectivity index is 1.83. The number of rotatable bonds is 7. The van der Waals surface area contributed by atoms with E-state index in [0.29, 0.717) is 5.13 Å². The molecule has 0 saturated heterocycles. The number of ether oxygens (including phenoxy) is 1. The third-order valence-electron chi connectivity index (χ3n) is 2.17. The number of aromatic nitrogens is 2. The first-order chi connectivity index (χ1) is 10.2. The van der Waals surface area contributed by atoms with Crippen LogP contribution in [0.2, 0.25) is 0 Å². The molecule has 21 heavy (non-hydrogen) atoms.